The van der Waals surface area contributed by atoms with Crippen LogP contribution in [0.5, 0.6) is 0 Å². The Hall–Kier alpha value is 0.360. The minimum absolute atomic E-state index is 0.790. The van der Waals surface area contributed by atoms with Gasteiger partial charge in [0, 0.05) is 24.6 Å². The highest BCUT2D eigenvalue weighted by Crippen LogP contribution is 2.18. The highest BCUT2D eigenvalue weighted by atomic mass is 33.1. The molecule has 0 atom stereocenters. The number of nitrogens with one attached hydrogen (secondary N) is 1. The van der Waals surface area contributed by atoms with Gasteiger partial charge in [-0.1, -0.05) is 59.8 Å². The molecule has 0 aliphatic carbocycles. The van der Waals surface area contributed by atoms with Crippen LogP contribution in [0.3, 0.4) is 0 Å². The van der Waals surface area contributed by atoms with Gasteiger partial charge in [-0.05, 0) is 25.8 Å². The van der Waals surface area contributed by atoms with E-state index in [0.29, 0.717) is 0 Å². The van der Waals surface area contributed by atoms with E-state index in [2.05, 4.69) is 11.9 Å². The van der Waals surface area contributed by atoms with Crippen molar-refractivity contribution in [3.63, 3.8) is 0 Å². The van der Waals surface area contributed by atoms with Crippen LogP contribution < -0.4 is 11.1 Å². The van der Waals surface area contributed by atoms with Gasteiger partial charge < -0.3 is 11.1 Å². The van der Waals surface area contributed by atoms with Gasteiger partial charge in [-0.15, -0.1) is 6.58 Å². The molecule has 0 aromatic carbocycles. The molecule has 0 radical (unpaired) electrons. The topological polar surface area (TPSA) is 38.0 Å². The summed E-state index contributed by atoms with van der Waals surface area (Å²) in [5.74, 6) is 2.26. The van der Waals surface area contributed by atoms with Gasteiger partial charge in [0.05, 0.1) is 0 Å². The number of allylic oxidation sites excluding steroid dienone is 1. The van der Waals surface area contributed by atoms with Crippen LogP contribution in [0.2, 0.25) is 0 Å². The molecule has 0 saturated carbocycles. The third-order valence-corrected chi connectivity index (χ3v) is 5.35. The Labute approximate surface area is 128 Å². The smallest absolute Gasteiger partial charge is 0.0162 e. The van der Waals surface area contributed by atoms with Crippen molar-refractivity contribution in [1.29, 1.82) is 0 Å². The van der Waals surface area contributed by atoms with Crippen molar-refractivity contribution in [2.24, 2.45) is 5.73 Å². The Balaban J connectivity index is 2.89. The van der Waals surface area contributed by atoms with Gasteiger partial charge in [0.1, 0.15) is 0 Å². The number of unbranched alkanes of at least 4 members (excludes halogenated alkanes) is 7. The van der Waals surface area contributed by atoms with Crippen molar-refractivity contribution in [1.82, 2.24) is 5.32 Å². The van der Waals surface area contributed by atoms with E-state index in [1.807, 2.05) is 27.7 Å². The molecule has 2 nitrogen and oxygen atoms in total. The van der Waals surface area contributed by atoms with Gasteiger partial charge in [0.2, 0.25) is 0 Å². The molecule has 0 aromatic rings. The second kappa shape index (κ2) is 18.4. The van der Waals surface area contributed by atoms with Crippen molar-refractivity contribution in [3.8, 4) is 0 Å². The Bertz CT molecular complexity index is 178. The van der Waals surface area contributed by atoms with Crippen LogP contribution in [-0.2, 0) is 0 Å². The van der Waals surface area contributed by atoms with E-state index in [4.69, 9.17) is 5.73 Å². The largest absolute Gasteiger partial charge is 0.330 e. The summed E-state index contributed by atoms with van der Waals surface area (Å²) in [6.45, 7) is 6.85. The molecule has 0 rings (SSSR count). The van der Waals surface area contributed by atoms with Crippen molar-refractivity contribution >= 4 is 21.6 Å². The quantitative estimate of drug-likeness (QED) is 0.254. The van der Waals surface area contributed by atoms with Crippen LogP contribution in [0.25, 0.3) is 0 Å². The predicted octanol–water partition coefficient (Wildman–Crippen LogP) is 4.22. The first kappa shape index (κ1) is 19.4. The first-order valence-corrected chi connectivity index (χ1v) is 10.2. The Morgan fingerprint density at radius 3 is 2.16 bits per heavy atom. The highest BCUT2D eigenvalue weighted by Gasteiger charge is 1.93. The zero-order valence-electron chi connectivity index (χ0n) is 12.4. The molecule has 0 bridgehead atoms. The summed E-state index contributed by atoms with van der Waals surface area (Å²) in [4.78, 5) is 0. The van der Waals surface area contributed by atoms with Crippen molar-refractivity contribution in [2.75, 3.05) is 31.1 Å². The summed E-state index contributed by atoms with van der Waals surface area (Å²) >= 11 is 0. The van der Waals surface area contributed by atoms with Crippen LogP contribution in [0, 0.1) is 0 Å². The number of rotatable bonds is 16. The standard InChI is InChI=1S/C15H32N2S2/c1-2-3-4-5-6-7-8-9-10-12-17-13-15-19-18-14-11-16/h2,17H,1,3-16H2. The van der Waals surface area contributed by atoms with E-state index in [9.17, 15) is 0 Å². The molecule has 0 fully saturated rings. The second-order valence-electron chi connectivity index (χ2n) is 4.73. The fourth-order valence-corrected chi connectivity index (χ4v) is 3.63. The maximum Gasteiger partial charge on any atom is 0.0162 e. The highest BCUT2D eigenvalue weighted by molar-refractivity contribution is 8.76. The summed E-state index contributed by atoms with van der Waals surface area (Å²) in [6.07, 6.45) is 12.8. The summed E-state index contributed by atoms with van der Waals surface area (Å²) in [5, 5.41) is 3.50. The molecule has 0 amide bonds. The van der Waals surface area contributed by atoms with Gasteiger partial charge in [0.15, 0.2) is 0 Å². The zero-order chi connectivity index (χ0) is 14.0. The van der Waals surface area contributed by atoms with Crippen molar-refractivity contribution in [2.45, 2.75) is 51.4 Å². The molecular weight excluding hydrogens is 272 g/mol. The average molecular weight is 305 g/mol. The lowest BCUT2D eigenvalue weighted by molar-refractivity contribution is 0.564. The van der Waals surface area contributed by atoms with Crippen LogP contribution in [0.15, 0.2) is 12.7 Å². The van der Waals surface area contributed by atoms with E-state index in [0.717, 1.165) is 18.8 Å². The number of hydrogen-bond donors (Lipinski definition) is 2. The van der Waals surface area contributed by atoms with Crippen LogP contribution in [0.4, 0.5) is 0 Å². The van der Waals surface area contributed by atoms with Crippen molar-refractivity contribution in [3.05, 3.63) is 12.7 Å². The molecule has 0 aromatic heterocycles. The van der Waals surface area contributed by atoms with E-state index in [-0.39, 0.29) is 0 Å². The Kier molecular flexibility index (Phi) is 18.7. The van der Waals surface area contributed by atoms with Gasteiger partial charge >= 0.3 is 0 Å². The maximum atomic E-state index is 5.43. The van der Waals surface area contributed by atoms with E-state index in [1.165, 1.54) is 63.7 Å². The van der Waals surface area contributed by atoms with Crippen LogP contribution >= 0.6 is 21.6 Å². The van der Waals surface area contributed by atoms with Gasteiger partial charge in [-0.3, -0.25) is 0 Å². The first-order chi connectivity index (χ1) is 9.41. The van der Waals surface area contributed by atoms with Gasteiger partial charge in [-0.25, -0.2) is 0 Å². The van der Waals surface area contributed by atoms with Gasteiger partial charge in [0.25, 0.3) is 0 Å². The molecule has 4 heteroatoms. The Morgan fingerprint density at radius 1 is 0.842 bits per heavy atom. The molecule has 19 heavy (non-hydrogen) atoms. The minimum Gasteiger partial charge on any atom is -0.330 e. The monoisotopic (exact) mass is 304 g/mol. The lowest BCUT2D eigenvalue weighted by Gasteiger charge is -2.04. The predicted molar refractivity (Wildman–Crippen MR) is 94.0 cm³/mol. The van der Waals surface area contributed by atoms with Crippen LogP contribution in [-0.4, -0.2) is 31.1 Å². The Morgan fingerprint density at radius 2 is 1.47 bits per heavy atom. The number of nitrogens with two attached hydrogens (primary N) is 1. The molecular formula is C15H32N2S2. The summed E-state index contributed by atoms with van der Waals surface area (Å²) in [7, 11) is 3.81. The summed E-state index contributed by atoms with van der Waals surface area (Å²) < 4.78 is 0. The molecule has 0 unspecified atom stereocenters. The van der Waals surface area contributed by atoms with Crippen LogP contribution in [0.1, 0.15) is 51.4 Å². The van der Waals surface area contributed by atoms with Crippen molar-refractivity contribution < 1.29 is 0 Å². The third kappa shape index (κ3) is 18.4. The fourth-order valence-electron chi connectivity index (χ4n) is 1.83. The van der Waals surface area contributed by atoms with E-state index in [1.54, 1.807) is 0 Å². The molecule has 0 spiro atoms. The molecule has 114 valence electrons. The lowest BCUT2D eigenvalue weighted by Crippen LogP contribution is -2.18. The maximum absolute atomic E-state index is 5.43. The first-order valence-electron chi connectivity index (χ1n) is 7.68. The normalized spacial score (nSPS) is 10.8. The SMILES string of the molecule is C=CCCCCCCCCCNCCSSCCN. The molecule has 0 heterocycles. The lowest BCUT2D eigenvalue weighted by atomic mass is 10.1. The van der Waals surface area contributed by atoms with Gasteiger partial charge in [-0.2, -0.15) is 0 Å². The minimum atomic E-state index is 0.790. The fraction of sp³-hybridized carbons (Fsp3) is 0.867. The molecule has 0 aliphatic rings. The summed E-state index contributed by atoms with van der Waals surface area (Å²) in [6, 6.07) is 0. The second-order valence-corrected chi connectivity index (χ2v) is 7.44. The molecule has 0 aliphatic heterocycles. The molecule has 0 saturated heterocycles. The summed E-state index contributed by atoms with van der Waals surface area (Å²) in [5.41, 5.74) is 5.43. The van der Waals surface area contributed by atoms with E-state index >= 15 is 0 Å². The average Bonchev–Trinajstić information content (AvgIpc) is 2.43. The zero-order valence-corrected chi connectivity index (χ0v) is 14.0. The number of hydrogen-bond acceptors (Lipinski definition) is 4. The molecule has 3 N–H and O–H groups in total. The third-order valence-electron chi connectivity index (χ3n) is 2.91. The van der Waals surface area contributed by atoms with E-state index < -0.39 is 0 Å².